The van der Waals surface area contributed by atoms with Gasteiger partial charge >= 0.3 is 0 Å². The highest BCUT2D eigenvalue weighted by Crippen LogP contribution is 2.30. The monoisotopic (exact) mass is 252 g/mol. The molecule has 0 aromatic heterocycles. The molecule has 18 heavy (non-hydrogen) atoms. The van der Waals surface area contributed by atoms with E-state index in [2.05, 4.69) is 24.2 Å². The van der Waals surface area contributed by atoms with Gasteiger partial charge in [0.2, 0.25) is 0 Å². The minimum atomic E-state index is 0.744. The minimum absolute atomic E-state index is 0.744. The maximum absolute atomic E-state index is 3.48. The SMILES string of the molecule is CCCC1CCCC(N2CCCC(NC)C2)CC1. The van der Waals surface area contributed by atoms with Crippen LogP contribution < -0.4 is 5.32 Å². The summed E-state index contributed by atoms with van der Waals surface area (Å²) >= 11 is 0. The Morgan fingerprint density at radius 1 is 1.06 bits per heavy atom. The molecule has 1 N–H and O–H groups in total. The van der Waals surface area contributed by atoms with Crippen LogP contribution in [0.5, 0.6) is 0 Å². The van der Waals surface area contributed by atoms with Gasteiger partial charge in [0, 0.05) is 18.6 Å². The van der Waals surface area contributed by atoms with E-state index in [1.54, 1.807) is 0 Å². The number of hydrogen-bond donors (Lipinski definition) is 1. The van der Waals surface area contributed by atoms with Crippen molar-refractivity contribution < 1.29 is 0 Å². The highest BCUT2D eigenvalue weighted by atomic mass is 15.2. The van der Waals surface area contributed by atoms with Gasteiger partial charge in [-0.1, -0.05) is 32.6 Å². The van der Waals surface area contributed by atoms with Crippen LogP contribution >= 0.6 is 0 Å². The molecule has 0 aromatic rings. The van der Waals surface area contributed by atoms with E-state index < -0.39 is 0 Å². The van der Waals surface area contributed by atoms with Gasteiger partial charge in [0.15, 0.2) is 0 Å². The Kier molecular flexibility index (Phi) is 5.97. The van der Waals surface area contributed by atoms with Crippen LogP contribution in [-0.2, 0) is 0 Å². The molecule has 0 aromatic carbocycles. The summed E-state index contributed by atoms with van der Waals surface area (Å²) in [5.41, 5.74) is 0. The van der Waals surface area contributed by atoms with E-state index in [0.29, 0.717) is 0 Å². The second kappa shape index (κ2) is 7.49. The maximum Gasteiger partial charge on any atom is 0.0192 e. The number of hydrogen-bond acceptors (Lipinski definition) is 2. The smallest absolute Gasteiger partial charge is 0.0192 e. The fourth-order valence-electron chi connectivity index (χ4n) is 3.99. The molecule has 2 heteroatoms. The van der Waals surface area contributed by atoms with Crippen LogP contribution in [0.25, 0.3) is 0 Å². The third-order valence-corrected chi connectivity index (χ3v) is 5.13. The molecular weight excluding hydrogens is 220 g/mol. The zero-order valence-electron chi connectivity index (χ0n) is 12.5. The zero-order valence-corrected chi connectivity index (χ0v) is 12.5. The third-order valence-electron chi connectivity index (χ3n) is 5.13. The van der Waals surface area contributed by atoms with Crippen LogP contribution in [0.3, 0.4) is 0 Å². The number of likely N-dealkylation sites (tertiary alicyclic amines) is 1. The molecule has 0 amide bonds. The van der Waals surface area contributed by atoms with Gasteiger partial charge < -0.3 is 5.32 Å². The maximum atomic E-state index is 3.48. The first-order valence-corrected chi connectivity index (χ1v) is 8.24. The first kappa shape index (κ1) is 14.3. The first-order valence-electron chi connectivity index (χ1n) is 8.24. The van der Waals surface area contributed by atoms with Gasteiger partial charge in [-0.25, -0.2) is 0 Å². The second-order valence-corrected chi connectivity index (χ2v) is 6.44. The van der Waals surface area contributed by atoms with Crippen LogP contribution in [0.4, 0.5) is 0 Å². The van der Waals surface area contributed by atoms with Crippen molar-refractivity contribution >= 4 is 0 Å². The largest absolute Gasteiger partial charge is 0.316 e. The van der Waals surface area contributed by atoms with Crippen molar-refractivity contribution in [1.82, 2.24) is 10.2 Å². The van der Waals surface area contributed by atoms with Gasteiger partial charge in [0.25, 0.3) is 0 Å². The quantitative estimate of drug-likeness (QED) is 0.771. The summed E-state index contributed by atoms with van der Waals surface area (Å²) in [7, 11) is 2.12. The fraction of sp³-hybridized carbons (Fsp3) is 1.00. The Labute approximate surface area is 114 Å². The molecular formula is C16H32N2. The molecule has 0 bridgehead atoms. The van der Waals surface area contributed by atoms with Gasteiger partial charge in [-0.15, -0.1) is 0 Å². The van der Waals surface area contributed by atoms with Crippen molar-refractivity contribution in [1.29, 1.82) is 0 Å². The van der Waals surface area contributed by atoms with Crippen molar-refractivity contribution in [3.05, 3.63) is 0 Å². The van der Waals surface area contributed by atoms with Crippen molar-refractivity contribution in [2.75, 3.05) is 20.1 Å². The van der Waals surface area contributed by atoms with Gasteiger partial charge in [-0.2, -0.15) is 0 Å². The lowest BCUT2D eigenvalue weighted by atomic mass is 9.95. The first-order chi connectivity index (χ1) is 8.83. The molecule has 2 nitrogen and oxygen atoms in total. The number of piperidine rings is 1. The number of nitrogens with zero attached hydrogens (tertiary/aromatic N) is 1. The molecule has 1 aliphatic heterocycles. The zero-order chi connectivity index (χ0) is 12.8. The molecule has 1 heterocycles. The molecule has 106 valence electrons. The van der Waals surface area contributed by atoms with Gasteiger partial charge in [-0.3, -0.25) is 4.90 Å². The standard InChI is InChI=1S/C16H32N2/c1-3-6-14-7-4-9-16(11-10-14)18-12-5-8-15(13-18)17-2/h14-17H,3-13H2,1-2H3. The summed E-state index contributed by atoms with van der Waals surface area (Å²) in [5.74, 6) is 1.03. The Morgan fingerprint density at radius 3 is 2.72 bits per heavy atom. The molecule has 1 aliphatic carbocycles. The van der Waals surface area contributed by atoms with E-state index in [0.717, 1.165) is 18.0 Å². The highest BCUT2D eigenvalue weighted by molar-refractivity contribution is 4.84. The van der Waals surface area contributed by atoms with E-state index in [-0.39, 0.29) is 0 Å². The summed E-state index contributed by atoms with van der Waals surface area (Å²) in [5, 5.41) is 3.48. The van der Waals surface area contributed by atoms with E-state index in [1.165, 1.54) is 70.9 Å². The summed E-state index contributed by atoms with van der Waals surface area (Å²) < 4.78 is 0. The van der Waals surface area contributed by atoms with Crippen LogP contribution in [0, 0.1) is 5.92 Å². The lowest BCUT2D eigenvalue weighted by Gasteiger charge is -2.38. The Bertz CT molecular complexity index is 229. The van der Waals surface area contributed by atoms with Crippen molar-refractivity contribution in [2.24, 2.45) is 5.92 Å². The lowest BCUT2D eigenvalue weighted by molar-refractivity contribution is 0.127. The molecule has 2 fully saturated rings. The van der Waals surface area contributed by atoms with Gasteiger partial charge in [-0.05, 0) is 51.6 Å². The van der Waals surface area contributed by atoms with E-state index in [9.17, 15) is 0 Å². The minimum Gasteiger partial charge on any atom is -0.316 e. The number of likely N-dealkylation sites (N-methyl/N-ethyl adjacent to an activating group) is 1. The average molecular weight is 252 g/mol. The van der Waals surface area contributed by atoms with Crippen molar-refractivity contribution in [3.8, 4) is 0 Å². The summed E-state index contributed by atoms with van der Waals surface area (Å²) in [6.07, 6.45) is 13.0. The van der Waals surface area contributed by atoms with E-state index in [1.807, 2.05) is 0 Å². The van der Waals surface area contributed by atoms with Gasteiger partial charge in [0.05, 0.1) is 0 Å². The molecule has 2 aliphatic rings. The summed E-state index contributed by atoms with van der Waals surface area (Å²) in [6, 6.07) is 1.64. The lowest BCUT2D eigenvalue weighted by Crippen LogP contribution is -2.48. The molecule has 0 radical (unpaired) electrons. The molecule has 1 saturated carbocycles. The van der Waals surface area contributed by atoms with Crippen molar-refractivity contribution in [2.45, 2.75) is 76.8 Å². The predicted molar refractivity (Wildman–Crippen MR) is 78.9 cm³/mol. The third kappa shape index (κ3) is 3.96. The van der Waals surface area contributed by atoms with Crippen LogP contribution in [-0.4, -0.2) is 37.1 Å². The second-order valence-electron chi connectivity index (χ2n) is 6.44. The Hall–Kier alpha value is -0.0800. The van der Waals surface area contributed by atoms with Crippen LogP contribution in [0.1, 0.15) is 64.7 Å². The average Bonchev–Trinajstić information content (AvgIpc) is 2.65. The predicted octanol–water partition coefficient (Wildman–Crippen LogP) is 3.42. The number of nitrogens with one attached hydrogen (secondary N) is 1. The molecule has 0 spiro atoms. The molecule has 3 unspecified atom stereocenters. The number of rotatable bonds is 4. The Morgan fingerprint density at radius 2 is 1.94 bits per heavy atom. The Balaban J connectivity index is 1.81. The van der Waals surface area contributed by atoms with Gasteiger partial charge in [0.1, 0.15) is 0 Å². The summed E-state index contributed by atoms with van der Waals surface area (Å²) in [4.78, 5) is 2.79. The molecule has 2 rings (SSSR count). The fourth-order valence-corrected chi connectivity index (χ4v) is 3.99. The van der Waals surface area contributed by atoms with Crippen molar-refractivity contribution in [3.63, 3.8) is 0 Å². The highest BCUT2D eigenvalue weighted by Gasteiger charge is 2.27. The van der Waals surface area contributed by atoms with E-state index >= 15 is 0 Å². The van der Waals surface area contributed by atoms with Crippen LogP contribution in [0.15, 0.2) is 0 Å². The summed E-state index contributed by atoms with van der Waals surface area (Å²) in [6.45, 7) is 4.98. The van der Waals surface area contributed by atoms with E-state index in [4.69, 9.17) is 0 Å². The molecule has 3 atom stereocenters. The normalized spacial score (nSPS) is 35.3. The molecule has 1 saturated heterocycles. The topological polar surface area (TPSA) is 15.3 Å². The van der Waals surface area contributed by atoms with Crippen LogP contribution in [0.2, 0.25) is 0 Å².